The van der Waals surface area contributed by atoms with Gasteiger partial charge in [0.15, 0.2) is 0 Å². The van der Waals surface area contributed by atoms with Gasteiger partial charge in [0.25, 0.3) is 0 Å². The minimum Gasteiger partial charge on any atom is -0.369 e. The molecule has 15 heavy (non-hydrogen) atoms. The number of halogens is 1. The molecule has 0 aromatic heterocycles. The Kier molecular flexibility index (Phi) is 6.16. The molecule has 1 amide bonds. The predicted molar refractivity (Wildman–Crippen MR) is 60.1 cm³/mol. The Morgan fingerprint density at radius 1 is 1.53 bits per heavy atom. The van der Waals surface area contributed by atoms with E-state index in [0.717, 1.165) is 4.31 Å². The van der Waals surface area contributed by atoms with Crippen molar-refractivity contribution in [3.05, 3.63) is 0 Å². The fourth-order valence-corrected chi connectivity index (χ4v) is 3.09. The van der Waals surface area contributed by atoms with Gasteiger partial charge in [-0.3, -0.25) is 4.79 Å². The van der Waals surface area contributed by atoms with Crippen molar-refractivity contribution in [1.29, 1.82) is 0 Å². The van der Waals surface area contributed by atoms with Crippen molar-refractivity contribution in [2.45, 2.75) is 13.8 Å². The number of rotatable bonds is 7. The highest BCUT2D eigenvalue weighted by Gasteiger charge is 2.24. The quantitative estimate of drug-likeness (QED) is 0.651. The average molecular weight is 257 g/mol. The summed E-state index contributed by atoms with van der Waals surface area (Å²) in [5.41, 5.74) is 4.96. The largest absolute Gasteiger partial charge is 0.369 e. The van der Waals surface area contributed by atoms with Gasteiger partial charge in [0.1, 0.15) is 0 Å². The molecule has 0 radical (unpaired) electrons. The van der Waals surface area contributed by atoms with Crippen molar-refractivity contribution in [3.63, 3.8) is 0 Å². The molecular formula is C8H17ClN2O3S. The van der Waals surface area contributed by atoms with Crippen LogP contribution < -0.4 is 5.73 Å². The number of carbonyl (C=O) groups excluding carboxylic acids is 1. The summed E-state index contributed by atoms with van der Waals surface area (Å²) in [7, 11) is -3.43. The Morgan fingerprint density at radius 2 is 2.07 bits per heavy atom. The van der Waals surface area contributed by atoms with Crippen LogP contribution in [0.5, 0.6) is 0 Å². The summed E-state index contributed by atoms with van der Waals surface area (Å²) in [5, 5.41) is 0. The van der Waals surface area contributed by atoms with Crippen LogP contribution in [0.3, 0.4) is 0 Å². The monoisotopic (exact) mass is 256 g/mol. The van der Waals surface area contributed by atoms with Crippen LogP contribution in [0.4, 0.5) is 0 Å². The summed E-state index contributed by atoms with van der Waals surface area (Å²) < 4.78 is 24.5. The number of nitrogens with zero attached hydrogens (tertiary/aromatic N) is 1. The van der Waals surface area contributed by atoms with Gasteiger partial charge >= 0.3 is 0 Å². The Balaban J connectivity index is 4.59. The van der Waals surface area contributed by atoms with E-state index in [9.17, 15) is 13.2 Å². The molecule has 1 atom stereocenters. The zero-order valence-electron chi connectivity index (χ0n) is 8.94. The van der Waals surface area contributed by atoms with E-state index >= 15 is 0 Å². The Morgan fingerprint density at radius 3 is 2.40 bits per heavy atom. The SMILES string of the molecule is CCN(CC(N)=O)S(=O)(=O)CC(C)CCl. The highest BCUT2D eigenvalue weighted by atomic mass is 35.5. The topological polar surface area (TPSA) is 80.5 Å². The third-order valence-electron chi connectivity index (χ3n) is 1.84. The first-order valence-corrected chi connectivity index (χ1v) is 6.80. The highest BCUT2D eigenvalue weighted by molar-refractivity contribution is 7.89. The van der Waals surface area contributed by atoms with Gasteiger partial charge in [0, 0.05) is 12.4 Å². The summed E-state index contributed by atoms with van der Waals surface area (Å²) in [5.74, 6) is -0.581. The van der Waals surface area contributed by atoms with Crippen molar-refractivity contribution in [1.82, 2.24) is 4.31 Å². The van der Waals surface area contributed by atoms with Crippen molar-refractivity contribution >= 4 is 27.5 Å². The zero-order valence-corrected chi connectivity index (χ0v) is 10.5. The number of primary amides is 1. The molecule has 0 aromatic rings. The van der Waals surface area contributed by atoms with E-state index in [2.05, 4.69) is 0 Å². The number of sulfonamides is 1. The molecule has 2 N–H and O–H groups in total. The number of alkyl halides is 1. The number of carbonyl (C=O) groups is 1. The lowest BCUT2D eigenvalue weighted by Gasteiger charge is -2.20. The number of amides is 1. The Bertz CT molecular complexity index is 305. The van der Waals surface area contributed by atoms with E-state index in [0.29, 0.717) is 0 Å². The second-order valence-corrected chi connectivity index (χ2v) is 5.75. The fraction of sp³-hybridized carbons (Fsp3) is 0.875. The molecular weight excluding hydrogens is 240 g/mol. The maximum atomic E-state index is 11.7. The van der Waals surface area contributed by atoms with Crippen molar-refractivity contribution in [3.8, 4) is 0 Å². The van der Waals surface area contributed by atoms with Gasteiger partial charge in [-0.05, 0) is 5.92 Å². The van der Waals surface area contributed by atoms with E-state index in [1.807, 2.05) is 0 Å². The van der Waals surface area contributed by atoms with Crippen LogP contribution in [0.2, 0.25) is 0 Å². The highest BCUT2D eigenvalue weighted by Crippen LogP contribution is 2.08. The average Bonchev–Trinajstić information content (AvgIpc) is 2.12. The lowest BCUT2D eigenvalue weighted by Crippen LogP contribution is -2.40. The number of likely N-dealkylation sites (N-methyl/N-ethyl adjacent to an activating group) is 1. The maximum absolute atomic E-state index is 11.7. The van der Waals surface area contributed by atoms with Crippen molar-refractivity contribution < 1.29 is 13.2 Å². The fourth-order valence-electron chi connectivity index (χ4n) is 1.09. The van der Waals surface area contributed by atoms with Crippen LogP contribution in [0, 0.1) is 5.92 Å². The molecule has 0 saturated carbocycles. The van der Waals surface area contributed by atoms with E-state index < -0.39 is 15.9 Å². The van der Waals surface area contributed by atoms with Gasteiger partial charge in [-0.15, -0.1) is 11.6 Å². The lowest BCUT2D eigenvalue weighted by molar-refractivity contribution is -0.118. The molecule has 0 heterocycles. The smallest absolute Gasteiger partial charge is 0.232 e. The third-order valence-corrected chi connectivity index (χ3v) is 4.53. The molecule has 0 aliphatic rings. The van der Waals surface area contributed by atoms with E-state index in [1.54, 1.807) is 13.8 Å². The van der Waals surface area contributed by atoms with Crippen LogP contribution in [0.1, 0.15) is 13.8 Å². The van der Waals surface area contributed by atoms with Crippen LogP contribution >= 0.6 is 11.6 Å². The summed E-state index contributed by atoms with van der Waals surface area (Å²) in [6, 6.07) is 0. The van der Waals surface area contributed by atoms with Crippen molar-refractivity contribution in [2.24, 2.45) is 11.7 Å². The van der Waals surface area contributed by atoms with Crippen LogP contribution in [0.25, 0.3) is 0 Å². The minimum atomic E-state index is -3.43. The zero-order chi connectivity index (χ0) is 12.1. The van der Waals surface area contributed by atoms with Gasteiger partial charge < -0.3 is 5.73 Å². The maximum Gasteiger partial charge on any atom is 0.232 e. The molecule has 0 aliphatic carbocycles. The molecule has 7 heteroatoms. The van der Waals surface area contributed by atoms with Gasteiger partial charge in [-0.1, -0.05) is 13.8 Å². The van der Waals surface area contributed by atoms with Crippen molar-refractivity contribution in [2.75, 3.05) is 24.7 Å². The Labute approximate surface area is 95.6 Å². The first-order valence-electron chi connectivity index (χ1n) is 4.65. The molecule has 0 saturated heterocycles. The molecule has 0 bridgehead atoms. The molecule has 0 aliphatic heterocycles. The van der Waals surface area contributed by atoms with Gasteiger partial charge in [-0.2, -0.15) is 4.31 Å². The number of nitrogens with two attached hydrogens (primary N) is 1. The molecule has 5 nitrogen and oxygen atoms in total. The van der Waals surface area contributed by atoms with Crippen LogP contribution in [0.15, 0.2) is 0 Å². The second-order valence-electron chi connectivity index (χ2n) is 3.43. The number of hydrogen-bond donors (Lipinski definition) is 1. The van der Waals surface area contributed by atoms with Gasteiger partial charge in [-0.25, -0.2) is 8.42 Å². The minimum absolute atomic E-state index is 0.0579. The molecule has 1 unspecified atom stereocenters. The number of hydrogen-bond acceptors (Lipinski definition) is 3. The van der Waals surface area contributed by atoms with E-state index in [1.165, 1.54) is 0 Å². The lowest BCUT2D eigenvalue weighted by atomic mass is 10.3. The molecule has 0 rings (SSSR count). The summed E-state index contributed by atoms with van der Waals surface area (Å²) in [6.45, 7) is 3.36. The normalized spacial score (nSPS) is 14.1. The van der Waals surface area contributed by atoms with E-state index in [-0.39, 0.29) is 30.6 Å². The molecule has 0 spiro atoms. The van der Waals surface area contributed by atoms with Gasteiger partial charge in [0.2, 0.25) is 15.9 Å². The summed E-state index contributed by atoms with van der Waals surface area (Å²) in [4.78, 5) is 10.7. The third kappa shape index (κ3) is 5.34. The van der Waals surface area contributed by atoms with Gasteiger partial charge in [0.05, 0.1) is 12.3 Å². The summed E-state index contributed by atoms with van der Waals surface area (Å²) in [6.07, 6.45) is 0. The second kappa shape index (κ2) is 6.30. The summed E-state index contributed by atoms with van der Waals surface area (Å²) >= 11 is 5.54. The predicted octanol–water partition coefficient (Wildman–Crippen LogP) is -0.00170. The Hall–Kier alpha value is -0.330. The standard InChI is InChI=1S/C8H17ClN2O3S/c1-3-11(5-8(10)12)15(13,14)6-7(2)4-9/h7H,3-6H2,1-2H3,(H2,10,12). The first-order chi connectivity index (χ1) is 6.83. The molecule has 0 aromatic carbocycles. The van der Waals surface area contributed by atoms with E-state index in [4.69, 9.17) is 17.3 Å². The first kappa shape index (κ1) is 14.7. The molecule has 0 fully saturated rings. The van der Waals surface area contributed by atoms with Crippen LogP contribution in [-0.2, 0) is 14.8 Å². The molecule has 90 valence electrons. The van der Waals surface area contributed by atoms with Crippen LogP contribution in [-0.4, -0.2) is 43.4 Å².